The minimum atomic E-state index is -0.368. The van der Waals surface area contributed by atoms with E-state index in [9.17, 15) is 4.79 Å². The van der Waals surface area contributed by atoms with Crippen LogP contribution < -0.4 is 15.0 Å². The molecule has 2 aromatic rings. The summed E-state index contributed by atoms with van der Waals surface area (Å²) in [5.74, 6) is 0.607. The second-order valence-electron chi connectivity index (χ2n) is 9.88. The van der Waals surface area contributed by atoms with Gasteiger partial charge in [-0.15, -0.1) is 0 Å². The van der Waals surface area contributed by atoms with Gasteiger partial charge in [0.25, 0.3) is 0 Å². The predicted molar refractivity (Wildman–Crippen MR) is 138 cm³/mol. The molecule has 1 amide bonds. The van der Waals surface area contributed by atoms with Crippen molar-refractivity contribution in [3.05, 3.63) is 59.2 Å². The Morgan fingerprint density at radius 3 is 2.74 bits per heavy atom. The fourth-order valence-corrected chi connectivity index (χ4v) is 5.63. The highest BCUT2D eigenvalue weighted by Gasteiger charge is 2.35. The van der Waals surface area contributed by atoms with E-state index in [2.05, 4.69) is 57.4 Å². The van der Waals surface area contributed by atoms with Crippen molar-refractivity contribution >= 4 is 11.8 Å². The van der Waals surface area contributed by atoms with Crippen LogP contribution in [0.25, 0.3) is 0 Å². The molecule has 188 valence electrons. The maximum atomic E-state index is 12.3. The summed E-state index contributed by atoms with van der Waals surface area (Å²) in [4.78, 5) is 19.7. The van der Waals surface area contributed by atoms with Crippen LogP contribution in [0.2, 0.25) is 0 Å². The Kier molecular flexibility index (Phi) is 7.86. The lowest BCUT2D eigenvalue weighted by Gasteiger charge is -2.47. The van der Waals surface area contributed by atoms with Crippen LogP contribution in [0.3, 0.4) is 0 Å². The third kappa shape index (κ3) is 5.80. The van der Waals surface area contributed by atoms with E-state index < -0.39 is 0 Å². The summed E-state index contributed by atoms with van der Waals surface area (Å²) >= 11 is 0. The monoisotopic (exact) mass is 478 g/mol. The molecule has 1 unspecified atom stereocenters. The van der Waals surface area contributed by atoms with Crippen molar-refractivity contribution in [1.29, 1.82) is 0 Å². The number of morpholine rings is 1. The van der Waals surface area contributed by atoms with Gasteiger partial charge in [0.05, 0.1) is 13.2 Å². The minimum Gasteiger partial charge on any atom is -0.410 e. The first-order valence-corrected chi connectivity index (χ1v) is 13.1. The maximum Gasteiger partial charge on any atom is 0.412 e. The summed E-state index contributed by atoms with van der Waals surface area (Å²) in [5, 5.41) is 2.91. The first-order chi connectivity index (χ1) is 17.2. The van der Waals surface area contributed by atoms with Crippen molar-refractivity contribution < 1.29 is 14.3 Å². The largest absolute Gasteiger partial charge is 0.412 e. The number of fused-ring (bicyclic) bond motifs is 4. The molecule has 2 aromatic carbocycles. The Morgan fingerprint density at radius 1 is 1.03 bits per heavy atom. The molecule has 3 aliphatic heterocycles. The number of anilines is 1. The summed E-state index contributed by atoms with van der Waals surface area (Å²) in [6.45, 7) is 7.53. The number of amides is 1. The Hall–Kier alpha value is -2.61. The topological polar surface area (TPSA) is 57.3 Å². The molecule has 7 nitrogen and oxygen atoms in total. The normalized spacial score (nSPS) is 20.0. The highest BCUT2D eigenvalue weighted by Crippen LogP contribution is 2.42. The summed E-state index contributed by atoms with van der Waals surface area (Å²) in [5.41, 5.74) is 5.24. The third-order valence-corrected chi connectivity index (χ3v) is 7.50. The zero-order valence-electron chi connectivity index (χ0n) is 20.9. The van der Waals surface area contributed by atoms with Crippen LogP contribution in [0.4, 0.5) is 10.5 Å². The molecule has 1 atom stereocenters. The summed E-state index contributed by atoms with van der Waals surface area (Å²) < 4.78 is 11.0. The minimum absolute atomic E-state index is 0.261. The van der Waals surface area contributed by atoms with Crippen molar-refractivity contribution in [2.45, 2.75) is 44.8 Å². The molecule has 0 saturated carbocycles. The molecule has 7 heteroatoms. The van der Waals surface area contributed by atoms with Crippen molar-refractivity contribution in [1.82, 2.24) is 15.1 Å². The van der Waals surface area contributed by atoms with E-state index in [1.165, 1.54) is 35.2 Å². The Morgan fingerprint density at radius 2 is 1.86 bits per heavy atom. The number of carbonyl (C=O) groups excluding carboxylic acids is 1. The molecule has 0 spiro atoms. The number of nitrogens with zero attached hydrogens (tertiary/aromatic N) is 3. The zero-order valence-corrected chi connectivity index (χ0v) is 20.9. The van der Waals surface area contributed by atoms with Gasteiger partial charge in [0.1, 0.15) is 11.9 Å². The van der Waals surface area contributed by atoms with Crippen LogP contribution in [0.15, 0.2) is 42.5 Å². The van der Waals surface area contributed by atoms with E-state index in [0.29, 0.717) is 12.3 Å². The SMILES string of the molecule is CN1c2ccc(OC(=O)NCCCCCCN3CCOCC3)cc2CN2CCc3ccccc3C21. The molecule has 0 aliphatic carbocycles. The van der Waals surface area contributed by atoms with Gasteiger partial charge in [0.15, 0.2) is 0 Å². The van der Waals surface area contributed by atoms with E-state index >= 15 is 0 Å². The molecule has 1 N–H and O–H groups in total. The highest BCUT2D eigenvalue weighted by molar-refractivity contribution is 5.71. The van der Waals surface area contributed by atoms with Crippen LogP contribution in [-0.2, 0) is 17.7 Å². The number of hydrogen-bond donors (Lipinski definition) is 1. The van der Waals surface area contributed by atoms with Gasteiger partial charge < -0.3 is 19.7 Å². The number of carbonyl (C=O) groups is 1. The van der Waals surface area contributed by atoms with Crippen molar-refractivity contribution in [3.8, 4) is 5.75 Å². The highest BCUT2D eigenvalue weighted by atomic mass is 16.6. The number of rotatable bonds is 8. The fraction of sp³-hybridized carbons (Fsp3) is 0.536. The van der Waals surface area contributed by atoms with Gasteiger partial charge in [-0.05, 0) is 60.7 Å². The Balaban J connectivity index is 1.07. The average Bonchev–Trinajstić information content (AvgIpc) is 2.88. The van der Waals surface area contributed by atoms with E-state index in [1.54, 1.807) is 0 Å². The lowest BCUT2D eigenvalue weighted by molar-refractivity contribution is 0.0371. The van der Waals surface area contributed by atoms with Crippen molar-refractivity contribution in [2.24, 2.45) is 0 Å². The quantitative estimate of drug-likeness (QED) is 0.575. The van der Waals surface area contributed by atoms with Gasteiger partial charge in [-0.3, -0.25) is 9.80 Å². The zero-order chi connectivity index (χ0) is 24.0. The number of hydrogen-bond acceptors (Lipinski definition) is 6. The first kappa shape index (κ1) is 24.1. The molecule has 35 heavy (non-hydrogen) atoms. The Labute approximate surface area is 209 Å². The number of benzene rings is 2. The van der Waals surface area contributed by atoms with Gasteiger partial charge in [-0.25, -0.2) is 4.79 Å². The summed E-state index contributed by atoms with van der Waals surface area (Å²) in [6, 6.07) is 14.8. The number of unbranched alkanes of at least 4 members (excludes halogenated alkanes) is 3. The van der Waals surface area contributed by atoms with E-state index in [4.69, 9.17) is 9.47 Å². The molecule has 0 aromatic heterocycles. The fourth-order valence-electron chi connectivity index (χ4n) is 5.63. The first-order valence-electron chi connectivity index (χ1n) is 13.1. The molecule has 3 heterocycles. The van der Waals surface area contributed by atoms with E-state index in [-0.39, 0.29) is 12.3 Å². The third-order valence-electron chi connectivity index (χ3n) is 7.50. The lowest BCUT2D eigenvalue weighted by Crippen LogP contribution is -2.47. The van der Waals surface area contributed by atoms with E-state index in [1.807, 2.05) is 12.1 Å². The molecule has 5 rings (SSSR count). The van der Waals surface area contributed by atoms with Gasteiger partial charge in [-0.1, -0.05) is 37.1 Å². The van der Waals surface area contributed by atoms with Gasteiger partial charge in [0, 0.05) is 45.5 Å². The average molecular weight is 479 g/mol. The number of nitrogens with one attached hydrogen (secondary N) is 1. The van der Waals surface area contributed by atoms with Crippen LogP contribution in [0.1, 0.15) is 48.5 Å². The standard InChI is InChI=1S/C28H38N4O3/c1-30-26-11-10-24(20-23(26)21-32-15-12-22-8-4-5-9-25(22)27(30)32)35-28(33)29-13-6-2-3-7-14-31-16-18-34-19-17-31/h4-5,8-11,20,27H,2-3,6-7,12-19,21H2,1H3,(H,29,33). The Bertz CT molecular complexity index is 1010. The van der Waals surface area contributed by atoms with Crippen LogP contribution in [0, 0.1) is 0 Å². The summed E-state index contributed by atoms with van der Waals surface area (Å²) in [7, 11) is 2.16. The van der Waals surface area contributed by atoms with Crippen LogP contribution in [-0.4, -0.2) is 68.9 Å². The molecular weight excluding hydrogens is 440 g/mol. The second kappa shape index (κ2) is 11.4. The van der Waals surface area contributed by atoms with Gasteiger partial charge >= 0.3 is 6.09 Å². The van der Waals surface area contributed by atoms with E-state index in [0.717, 1.165) is 65.2 Å². The molecule has 0 bridgehead atoms. The van der Waals surface area contributed by atoms with Crippen molar-refractivity contribution in [3.63, 3.8) is 0 Å². The van der Waals surface area contributed by atoms with Gasteiger partial charge in [0.2, 0.25) is 0 Å². The molecule has 3 aliphatic rings. The smallest absolute Gasteiger partial charge is 0.410 e. The number of ether oxygens (including phenoxy) is 2. The lowest BCUT2D eigenvalue weighted by atomic mass is 9.93. The predicted octanol–water partition coefficient (Wildman–Crippen LogP) is 4.17. The second-order valence-corrected chi connectivity index (χ2v) is 9.88. The summed E-state index contributed by atoms with van der Waals surface area (Å²) in [6.07, 6.45) is 5.46. The molecular formula is C28H38N4O3. The maximum absolute atomic E-state index is 12.3. The molecule has 0 radical (unpaired) electrons. The molecule has 1 fully saturated rings. The van der Waals surface area contributed by atoms with Crippen LogP contribution >= 0.6 is 0 Å². The molecule has 1 saturated heterocycles. The van der Waals surface area contributed by atoms with Crippen LogP contribution in [0.5, 0.6) is 5.75 Å². The van der Waals surface area contributed by atoms with Crippen molar-refractivity contribution in [2.75, 3.05) is 57.9 Å². The van der Waals surface area contributed by atoms with Gasteiger partial charge in [-0.2, -0.15) is 0 Å².